The maximum absolute atomic E-state index is 12.4. The van der Waals surface area contributed by atoms with Crippen LogP contribution in [-0.2, 0) is 19.6 Å². The van der Waals surface area contributed by atoms with E-state index in [4.69, 9.17) is 4.74 Å². The van der Waals surface area contributed by atoms with Gasteiger partial charge in [0.2, 0.25) is 15.9 Å². The fraction of sp³-hybridized carbons (Fsp3) is 0.556. The van der Waals surface area contributed by atoms with E-state index in [0.29, 0.717) is 24.3 Å². The number of likely N-dealkylation sites (N-methyl/N-ethyl adjacent to an activating group) is 1. The van der Waals surface area contributed by atoms with Gasteiger partial charge in [0.05, 0.1) is 24.1 Å². The first-order valence-corrected chi connectivity index (χ1v) is 10.8. The lowest BCUT2D eigenvalue weighted by atomic mass is 10.2. The van der Waals surface area contributed by atoms with Crippen LogP contribution < -0.4 is 4.31 Å². The van der Waals surface area contributed by atoms with E-state index >= 15 is 0 Å². The second-order valence-corrected chi connectivity index (χ2v) is 8.44. The number of esters is 1. The molecule has 0 N–H and O–H groups in total. The van der Waals surface area contributed by atoms with Crippen molar-refractivity contribution in [3.05, 3.63) is 29.8 Å². The molecule has 0 atom stereocenters. The zero-order valence-corrected chi connectivity index (χ0v) is 16.9. The molecule has 0 bridgehead atoms. The molecule has 27 heavy (non-hydrogen) atoms. The summed E-state index contributed by atoms with van der Waals surface area (Å²) < 4.78 is 30.5. The van der Waals surface area contributed by atoms with Crippen LogP contribution in [0.3, 0.4) is 0 Å². The fourth-order valence-corrected chi connectivity index (χ4v) is 3.80. The molecule has 1 saturated heterocycles. The highest BCUT2D eigenvalue weighted by molar-refractivity contribution is 7.92. The van der Waals surface area contributed by atoms with Crippen molar-refractivity contribution in [1.29, 1.82) is 0 Å². The van der Waals surface area contributed by atoms with E-state index in [1.807, 2.05) is 7.05 Å². The first-order valence-electron chi connectivity index (χ1n) is 8.93. The van der Waals surface area contributed by atoms with Crippen molar-refractivity contribution in [1.82, 2.24) is 9.80 Å². The molecule has 1 aliphatic heterocycles. The molecule has 1 aromatic rings. The van der Waals surface area contributed by atoms with Gasteiger partial charge in [-0.1, -0.05) is 0 Å². The fourth-order valence-electron chi connectivity index (χ4n) is 2.88. The second-order valence-electron chi connectivity index (χ2n) is 6.54. The maximum atomic E-state index is 12.4. The van der Waals surface area contributed by atoms with Gasteiger partial charge in [0, 0.05) is 39.1 Å². The van der Waals surface area contributed by atoms with Crippen LogP contribution in [0, 0.1) is 0 Å². The molecule has 1 amide bonds. The van der Waals surface area contributed by atoms with Gasteiger partial charge in [0.15, 0.2) is 0 Å². The third kappa shape index (κ3) is 5.93. The largest absolute Gasteiger partial charge is 0.462 e. The predicted molar refractivity (Wildman–Crippen MR) is 103 cm³/mol. The summed E-state index contributed by atoms with van der Waals surface area (Å²) in [6.07, 6.45) is 1.21. The van der Waals surface area contributed by atoms with Crippen molar-refractivity contribution < 1.29 is 22.7 Å². The average molecular weight is 397 g/mol. The number of anilines is 1. The smallest absolute Gasteiger partial charge is 0.338 e. The summed E-state index contributed by atoms with van der Waals surface area (Å²) in [7, 11) is -1.55. The first kappa shape index (κ1) is 21.2. The lowest BCUT2D eigenvalue weighted by Gasteiger charge is -2.33. The van der Waals surface area contributed by atoms with Gasteiger partial charge in [0.25, 0.3) is 0 Å². The number of nitrogens with zero attached hydrogens (tertiary/aromatic N) is 3. The Balaban J connectivity index is 2.05. The van der Waals surface area contributed by atoms with Crippen LogP contribution in [0.25, 0.3) is 0 Å². The topological polar surface area (TPSA) is 87.2 Å². The van der Waals surface area contributed by atoms with Gasteiger partial charge in [-0.2, -0.15) is 0 Å². The summed E-state index contributed by atoms with van der Waals surface area (Å²) in [6.45, 7) is 4.99. The molecule has 1 heterocycles. The highest BCUT2D eigenvalue weighted by atomic mass is 32.2. The number of piperazine rings is 1. The van der Waals surface area contributed by atoms with E-state index in [9.17, 15) is 18.0 Å². The summed E-state index contributed by atoms with van der Waals surface area (Å²) in [5.74, 6) is -0.514. The molecule has 0 aliphatic carbocycles. The monoisotopic (exact) mass is 397 g/mol. The van der Waals surface area contributed by atoms with E-state index in [1.165, 1.54) is 16.4 Å². The number of amides is 1. The van der Waals surface area contributed by atoms with Gasteiger partial charge < -0.3 is 14.5 Å². The molecule has 0 saturated carbocycles. The van der Waals surface area contributed by atoms with Crippen LogP contribution in [0.2, 0.25) is 0 Å². The van der Waals surface area contributed by atoms with Crippen LogP contribution in [-0.4, -0.2) is 82.7 Å². The lowest BCUT2D eigenvalue weighted by Crippen LogP contribution is -2.48. The number of carbonyl (C=O) groups excluding carboxylic acids is 2. The van der Waals surface area contributed by atoms with Crippen molar-refractivity contribution >= 4 is 27.6 Å². The van der Waals surface area contributed by atoms with Gasteiger partial charge in [-0.05, 0) is 38.2 Å². The SMILES string of the molecule is CCOC(=O)c1ccc(N(CCC(=O)N2CCN(C)CC2)S(C)(=O)=O)cc1. The van der Waals surface area contributed by atoms with E-state index in [2.05, 4.69) is 4.90 Å². The van der Waals surface area contributed by atoms with Gasteiger partial charge in [-0.25, -0.2) is 13.2 Å². The number of sulfonamides is 1. The number of hydrogen-bond donors (Lipinski definition) is 0. The van der Waals surface area contributed by atoms with Gasteiger partial charge in [-0.15, -0.1) is 0 Å². The number of carbonyl (C=O) groups is 2. The Kier molecular flexibility index (Phi) is 7.20. The van der Waals surface area contributed by atoms with E-state index in [0.717, 1.165) is 19.3 Å². The maximum Gasteiger partial charge on any atom is 0.338 e. The van der Waals surface area contributed by atoms with Crippen molar-refractivity contribution in [2.45, 2.75) is 13.3 Å². The Morgan fingerprint density at radius 2 is 1.70 bits per heavy atom. The Labute approximate surface area is 160 Å². The number of rotatable bonds is 7. The quantitative estimate of drug-likeness (QED) is 0.633. The molecular formula is C18H27N3O5S. The molecule has 1 fully saturated rings. The van der Waals surface area contributed by atoms with Gasteiger partial charge in [-0.3, -0.25) is 9.10 Å². The van der Waals surface area contributed by atoms with Crippen LogP contribution in [0.5, 0.6) is 0 Å². The number of hydrogen-bond acceptors (Lipinski definition) is 6. The van der Waals surface area contributed by atoms with Gasteiger partial charge >= 0.3 is 5.97 Å². The molecule has 2 rings (SSSR count). The van der Waals surface area contributed by atoms with Crippen molar-refractivity contribution in [3.8, 4) is 0 Å². The molecule has 1 aliphatic rings. The normalized spacial score (nSPS) is 15.4. The zero-order valence-electron chi connectivity index (χ0n) is 16.1. The molecule has 8 nitrogen and oxygen atoms in total. The highest BCUT2D eigenvalue weighted by Gasteiger charge is 2.23. The Morgan fingerprint density at radius 3 is 2.22 bits per heavy atom. The summed E-state index contributed by atoms with van der Waals surface area (Å²) in [4.78, 5) is 28.1. The Bertz CT molecular complexity index is 756. The van der Waals surface area contributed by atoms with Gasteiger partial charge in [0.1, 0.15) is 0 Å². The minimum Gasteiger partial charge on any atom is -0.462 e. The predicted octanol–water partition coefficient (Wildman–Crippen LogP) is 0.793. The highest BCUT2D eigenvalue weighted by Crippen LogP contribution is 2.19. The third-order valence-electron chi connectivity index (χ3n) is 4.45. The summed E-state index contributed by atoms with van der Waals surface area (Å²) in [6, 6.07) is 6.14. The van der Waals surface area contributed by atoms with Crippen LogP contribution >= 0.6 is 0 Å². The van der Waals surface area contributed by atoms with E-state index in [1.54, 1.807) is 24.0 Å². The van der Waals surface area contributed by atoms with Crippen LogP contribution in [0.15, 0.2) is 24.3 Å². The van der Waals surface area contributed by atoms with Crippen molar-refractivity contribution in [2.75, 3.05) is 56.9 Å². The van der Waals surface area contributed by atoms with Crippen LogP contribution in [0.4, 0.5) is 5.69 Å². The molecule has 9 heteroatoms. The summed E-state index contributed by atoms with van der Waals surface area (Å²) >= 11 is 0. The second kappa shape index (κ2) is 9.18. The average Bonchev–Trinajstić information content (AvgIpc) is 2.62. The van der Waals surface area contributed by atoms with Crippen molar-refractivity contribution in [2.24, 2.45) is 0 Å². The number of benzene rings is 1. The Hall–Kier alpha value is -2.13. The molecule has 0 spiro atoms. The van der Waals surface area contributed by atoms with E-state index in [-0.39, 0.29) is 25.5 Å². The summed E-state index contributed by atoms with van der Waals surface area (Å²) in [5, 5.41) is 0. The van der Waals surface area contributed by atoms with E-state index < -0.39 is 16.0 Å². The first-order chi connectivity index (χ1) is 12.7. The molecule has 0 unspecified atom stereocenters. The molecule has 150 valence electrons. The lowest BCUT2D eigenvalue weighted by molar-refractivity contribution is -0.132. The van der Waals surface area contributed by atoms with Crippen LogP contribution in [0.1, 0.15) is 23.7 Å². The summed E-state index contributed by atoms with van der Waals surface area (Å²) in [5.41, 5.74) is 0.763. The minimum atomic E-state index is -3.56. The number of ether oxygens (including phenoxy) is 1. The minimum absolute atomic E-state index is 0.0557. The third-order valence-corrected chi connectivity index (χ3v) is 5.65. The molecular weight excluding hydrogens is 370 g/mol. The standard InChI is InChI=1S/C18H27N3O5S/c1-4-26-18(23)15-5-7-16(8-6-15)21(27(3,24)25)10-9-17(22)20-13-11-19(2)12-14-20/h5-8H,4,9-14H2,1-3H3. The zero-order chi connectivity index (χ0) is 20.0. The molecule has 0 radical (unpaired) electrons. The molecule has 0 aromatic heterocycles. The Morgan fingerprint density at radius 1 is 1.11 bits per heavy atom. The van der Waals surface area contributed by atoms with Crippen molar-refractivity contribution in [3.63, 3.8) is 0 Å². The molecule has 1 aromatic carbocycles.